The number of hydrogen-bond donors (Lipinski definition) is 1. The van der Waals surface area contributed by atoms with Crippen LogP contribution in [0.2, 0.25) is 0 Å². The smallest absolute Gasteiger partial charge is 0.259 e. The summed E-state index contributed by atoms with van der Waals surface area (Å²) in [5, 5.41) is 2.77. The highest BCUT2D eigenvalue weighted by molar-refractivity contribution is 7.89. The number of rotatable bonds is 6. The molecule has 0 unspecified atom stereocenters. The van der Waals surface area contributed by atoms with Crippen molar-refractivity contribution in [1.82, 2.24) is 4.31 Å². The van der Waals surface area contributed by atoms with Gasteiger partial charge in [-0.15, -0.1) is 0 Å². The Morgan fingerprint density at radius 3 is 2.24 bits per heavy atom. The number of carbonyl (C=O) groups is 1. The van der Waals surface area contributed by atoms with Crippen LogP contribution in [0, 0.1) is 6.92 Å². The molecule has 0 aromatic heterocycles. The van der Waals surface area contributed by atoms with Crippen LogP contribution in [-0.2, 0) is 14.8 Å². The number of methoxy groups -OCH3 is 2. The first kappa shape index (κ1) is 21.1. The molecule has 0 bridgehead atoms. The number of benzene rings is 2. The lowest BCUT2D eigenvalue weighted by Gasteiger charge is -2.27. The summed E-state index contributed by atoms with van der Waals surface area (Å²) < 4.78 is 43.5. The van der Waals surface area contributed by atoms with Gasteiger partial charge < -0.3 is 19.5 Å². The van der Waals surface area contributed by atoms with Gasteiger partial charge in [-0.3, -0.25) is 4.79 Å². The van der Waals surface area contributed by atoms with E-state index in [1.807, 2.05) is 19.1 Å². The summed E-state index contributed by atoms with van der Waals surface area (Å²) in [6.07, 6.45) is 0. The fourth-order valence-corrected chi connectivity index (χ4v) is 4.58. The summed E-state index contributed by atoms with van der Waals surface area (Å²) in [5.41, 5.74) is 1.75. The number of amides is 1. The van der Waals surface area contributed by atoms with Gasteiger partial charge in [0.15, 0.2) is 0 Å². The molecule has 0 saturated carbocycles. The predicted octanol–water partition coefficient (Wildman–Crippen LogP) is 2.29. The second kappa shape index (κ2) is 8.81. The SMILES string of the molecule is COc1cc(OC)c(S(=O)(=O)N2CCOCC2)cc1C(=O)Nc1ccc(C)cc1. The Bertz CT molecular complexity index is 983. The molecule has 1 saturated heterocycles. The Hall–Kier alpha value is -2.62. The van der Waals surface area contributed by atoms with Gasteiger partial charge in [0.2, 0.25) is 10.0 Å². The molecule has 29 heavy (non-hydrogen) atoms. The number of morpholine rings is 1. The highest BCUT2D eigenvalue weighted by Crippen LogP contribution is 2.34. The monoisotopic (exact) mass is 420 g/mol. The lowest BCUT2D eigenvalue weighted by molar-refractivity contribution is 0.0729. The summed E-state index contributed by atoms with van der Waals surface area (Å²) in [4.78, 5) is 12.8. The van der Waals surface area contributed by atoms with Gasteiger partial charge in [0, 0.05) is 24.8 Å². The van der Waals surface area contributed by atoms with Crippen LogP contribution in [-0.4, -0.2) is 59.2 Å². The lowest BCUT2D eigenvalue weighted by atomic mass is 10.1. The standard InChI is InChI=1S/C20H24N2O6S/c1-14-4-6-15(7-5-14)21-20(23)16-12-19(18(27-3)13-17(16)26-2)29(24,25)22-8-10-28-11-9-22/h4-7,12-13H,8-11H2,1-3H3,(H,21,23). The van der Waals surface area contributed by atoms with Crippen LogP contribution in [0.15, 0.2) is 41.3 Å². The van der Waals surface area contributed by atoms with Crippen LogP contribution in [0.25, 0.3) is 0 Å². The molecule has 9 heteroatoms. The van der Waals surface area contributed by atoms with Crippen molar-refractivity contribution in [2.45, 2.75) is 11.8 Å². The van der Waals surface area contributed by atoms with Crippen LogP contribution < -0.4 is 14.8 Å². The Morgan fingerprint density at radius 1 is 1.03 bits per heavy atom. The number of sulfonamides is 1. The molecule has 0 aliphatic carbocycles. The second-order valence-corrected chi connectivity index (χ2v) is 8.45. The number of anilines is 1. The molecular formula is C20H24N2O6S. The number of carbonyl (C=O) groups excluding carboxylic acids is 1. The van der Waals surface area contributed by atoms with E-state index in [9.17, 15) is 13.2 Å². The maximum absolute atomic E-state index is 13.2. The van der Waals surface area contributed by atoms with Crippen LogP contribution in [0.1, 0.15) is 15.9 Å². The molecule has 8 nitrogen and oxygen atoms in total. The first-order valence-electron chi connectivity index (χ1n) is 9.08. The second-order valence-electron chi connectivity index (χ2n) is 6.54. The molecule has 1 fully saturated rings. The van der Waals surface area contributed by atoms with Crippen molar-refractivity contribution in [3.8, 4) is 11.5 Å². The van der Waals surface area contributed by atoms with Gasteiger partial charge >= 0.3 is 0 Å². The molecule has 0 atom stereocenters. The van der Waals surface area contributed by atoms with Gasteiger partial charge in [-0.05, 0) is 25.1 Å². The van der Waals surface area contributed by atoms with Crippen LogP contribution in [0.5, 0.6) is 11.5 Å². The van der Waals surface area contributed by atoms with E-state index < -0.39 is 15.9 Å². The average molecular weight is 420 g/mol. The average Bonchev–Trinajstić information content (AvgIpc) is 2.74. The van der Waals surface area contributed by atoms with Gasteiger partial charge in [-0.2, -0.15) is 4.31 Å². The largest absolute Gasteiger partial charge is 0.496 e. The Labute approximate surface area is 170 Å². The number of nitrogens with zero attached hydrogens (tertiary/aromatic N) is 1. The van der Waals surface area contributed by atoms with Crippen molar-refractivity contribution in [1.29, 1.82) is 0 Å². The highest BCUT2D eigenvalue weighted by Gasteiger charge is 2.31. The zero-order chi connectivity index (χ0) is 21.0. The normalized spacial score (nSPS) is 15.0. The number of nitrogens with one attached hydrogen (secondary N) is 1. The van der Waals surface area contributed by atoms with Crippen molar-refractivity contribution in [3.05, 3.63) is 47.5 Å². The minimum Gasteiger partial charge on any atom is -0.496 e. The van der Waals surface area contributed by atoms with Crippen molar-refractivity contribution in [2.24, 2.45) is 0 Å². The Morgan fingerprint density at radius 2 is 1.66 bits per heavy atom. The van der Waals surface area contributed by atoms with Gasteiger partial charge in [-0.1, -0.05) is 17.7 Å². The molecule has 0 spiro atoms. The zero-order valence-corrected chi connectivity index (χ0v) is 17.4. The van der Waals surface area contributed by atoms with E-state index in [1.165, 1.54) is 30.7 Å². The number of hydrogen-bond acceptors (Lipinski definition) is 6. The van der Waals surface area contributed by atoms with E-state index in [4.69, 9.17) is 14.2 Å². The summed E-state index contributed by atoms with van der Waals surface area (Å²) in [5.74, 6) is -0.153. The highest BCUT2D eigenvalue weighted by atomic mass is 32.2. The molecule has 2 aromatic carbocycles. The zero-order valence-electron chi connectivity index (χ0n) is 16.6. The van der Waals surface area contributed by atoms with Gasteiger partial charge in [0.1, 0.15) is 16.4 Å². The van der Waals surface area contributed by atoms with E-state index in [0.29, 0.717) is 18.9 Å². The van der Waals surface area contributed by atoms with Crippen molar-refractivity contribution in [3.63, 3.8) is 0 Å². The van der Waals surface area contributed by atoms with Gasteiger partial charge in [0.05, 0.1) is 33.0 Å². The fourth-order valence-electron chi connectivity index (χ4n) is 3.01. The minimum atomic E-state index is -3.87. The number of ether oxygens (including phenoxy) is 3. The third-order valence-electron chi connectivity index (χ3n) is 4.63. The molecule has 2 aromatic rings. The lowest BCUT2D eigenvalue weighted by Crippen LogP contribution is -2.40. The number of aryl methyl sites for hydroxylation is 1. The first-order valence-corrected chi connectivity index (χ1v) is 10.5. The third kappa shape index (κ3) is 4.52. The maximum atomic E-state index is 13.2. The Kier molecular flexibility index (Phi) is 6.41. The van der Waals surface area contributed by atoms with Crippen molar-refractivity contribution >= 4 is 21.6 Å². The molecule has 0 radical (unpaired) electrons. The van der Waals surface area contributed by atoms with E-state index in [-0.39, 0.29) is 35.0 Å². The Balaban J connectivity index is 2.01. The molecular weight excluding hydrogens is 396 g/mol. The van der Waals surface area contributed by atoms with Crippen LogP contribution in [0.4, 0.5) is 5.69 Å². The first-order chi connectivity index (χ1) is 13.9. The molecule has 1 N–H and O–H groups in total. The molecule has 1 aliphatic rings. The van der Waals surface area contributed by atoms with Crippen LogP contribution >= 0.6 is 0 Å². The summed E-state index contributed by atoms with van der Waals surface area (Å²) in [7, 11) is -1.09. The molecule has 1 heterocycles. The third-order valence-corrected chi connectivity index (χ3v) is 6.55. The van der Waals surface area contributed by atoms with E-state index in [1.54, 1.807) is 12.1 Å². The van der Waals surface area contributed by atoms with Crippen molar-refractivity contribution < 1.29 is 27.4 Å². The van der Waals surface area contributed by atoms with E-state index in [0.717, 1.165) is 5.56 Å². The molecule has 156 valence electrons. The van der Waals surface area contributed by atoms with Crippen molar-refractivity contribution in [2.75, 3.05) is 45.8 Å². The fraction of sp³-hybridized carbons (Fsp3) is 0.350. The predicted molar refractivity (Wildman–Crippen MR) is 108 cm³/mol. The quantitative estimate of drug-likeness (QED) is 0.771. The minimum absolute atomic E-state index is 0.0863. The molecule has 1 aliphatic heterocycles. The summed E-state index contributed by atoms with van der Waals surface area (Å²) in [6, 6.07) is 10.00. The summed E-state index contributed by atoms with van der Waals surface area (Å²) in [6.45, 7) is 3.06. The summed E-state index contributed by atoms with van der Waals surface area (Å²) >= 11 is 0. The van der Waals surface area contributed by atoms with E-state index in [2.05, 4.69) is 5.32 Å². The van der Waals surface area contributed by atoms with Crippen LogP contribution in [0.3, 0.4) is 0 Å². The van der Waals surface area contributed by atoms with E-state index >= 15 is 0 Å². The maximum Gasteiger partial charge on any atom is 0.259 e. The molecule has 1 amide bonds. The van der Waals surface area contributed by atoms with Gasteiger partial charge in [0.25, 0.3) is 5.91 Å². The van der Waals surface area contributed by atoms with Gasteiger partial charge in [-0.25, -0.2) is 8.42 Å². The topological polar surface area (TPSA) is 94.2 Å². The molecule has 3 rings (SSSR count).